The fraction of sp³-hybridized carbons (Fsp3) is 0.227. The largest absolute Gasteiger partial charge is 0.376 e. The van der Waals surface area contributed by atoms with Crippen molar-refractivity contribution in [3.8, 4) is 5.69 Å². The predicted octanol–water partition coefficient (Wildman–Crippen LogP) is 4.27. The van der Waals surface area contributed by atoms with Gasteiger partial charge in [-0.3, -0.25) is 4.79 Å². The maximum absolute atomic E-state index is 13.3. The summed E-state index contributed by atoms with van der Waals surface area (Å²) in [6.07, 6.45) is 5.64. The van der Waals surface area contributed by atoms with Crippen molar-refractivity contribution >= 4 is 5.91 Å². The summed E-state index contributed by atoms with van der Waals surface area (Å²) in [5.74, 6) is -0.462. The average molecular weight is 364 g/mol. The van der Waals surface area contributed by atoms with Gasteiger partial charge in [0.05, 0.1) is 12.1 Å². The summed E-state index contributed by atoms with van der Waals surface area (Å²) in [6.45, 7) is 0.684. The second-order valence-electron chi connectivity index (χ2n) is 6.69. The lowest BCUT2D eigenvalue weighted by molar-refractivity contribution is 0.0672. The highest BCUT2D eigenvalue weighted by molar-refractivity contribution is 5.94. The lowest BCUT2D eigenvalue weighted by Crippen LogP contribution is -2.36. The Labute approximate surface area is 157 Å². The number of aromatic nitrogens is 1. The third kappa shape index (κ3) is 3.93. The van der Waals surface area contributed by atoms with Crippen LogP contribution in [-0.4, -0.2) is 23.2 Å². The van der Waals surface area contributed by atoms with E-state index in [1.54, 1.807) is 12.1 Å². The Balaban J connectivity index is 1.53. The van der Waals surface area contributed by atoms with Crippen LogP contribution < -0.4 is 5.32 Å². The molecular formula is C22H21FN2O2. The van der Waals surface area contributed by atoms with Crippen LogP contribution in [0, 0.1) is 5.82 Å². The Morgan fingerprint density at radius 1 is 1.07 bits per heavy atom. The zero-order chi connectivity index (χ0) is 18.6. The SMILES string of the molecule is O=C(N[C@@H](c1ccc(F)cc1)[C@H]1CCCO1)c1ccc(-n2cccc2)cc1. The van der Waals surface area contributed by atoms with Crippen LogP contribution in [0.3, 0.4) is 0 Å². The summed E-state index contributed by atoms with van der Waals surface area (Å²) in [6, 6.07) is 17.3. The molecule has 1 fully saturated rings. The third-order valence-electron chi connectivity index (χ3n) is 4.88. The molecular weight excluding hydrogens is 343 g/mol. The van der Waals surface area contributed by atoms with Crippen molar-refractivity contribution in [2.24, 2.45) is 0 Å². The van der Waals surface area contributed by atoms with E-state index in [-0.39, 0.29) is 23.9 Å². The topological polar surface area (TPSA) is 43.3 Å². The first kappa shape index (κ1) is 17.5. The molecule has 0 aliphatic carbocycles. The minimum atomic E-state index is -0.301. The molecule has 1 aromatic heterocycles. The molecule has 0 bridgehead atoms. The number of rotatable bonds is 5. The van der Waals surface area contributed by atoms with Crippen LogP contribution in [-0.2, 0) is 4.74 Å². The summed E-state index contributed by atoms with van der Waals surface area (Å²) in [5, 5.41) is 3.07. The van der Waals surface area contributed by atoms with Crippen LogP contribution >= 0.6 is 0 Å². The Bertz CT molecular complexity index is 883. The maximum atomic E-state index is 13.3. The molecule has 1 amide bonds. The van der Waals surface area contributed by atoms with E-state index in [4.69, 9.17) is 4.74 Å². The minimum Gasteiger partial charge on any atom is -0.376 e. The van der Waals surface area contributed by atoms with Gasteiger partial charge in [-0.25, -0.2) is 4.39 Å². The first-order valence-corrected chi connectivity index (χ1v) is 9.12. The van der Waals surface area contributed by atoms with E-state index in [1.807, 2.05) is 53.4 Å². The monoisotopic (exact) mass is 364 g/mol. The highest BCUT2D eigenvalue weighted by atomic mass is 19.1. The van der Waals surface area contributed by atoms with E-state index in [0.29, 0.717) is 12.2 Å². The first-order chi connectivity index (χ1) is 13.2. The number of carbonyl (C=O) groups excluding carboxylic acids is 1. The van der Waals surface area contributed by atoms with Gasteiger partial charge >= 0.3 is 0 Å². The number of nitrogens with one attached hydrogen (secondary N) is 1. The Morgan fingerprint density at radius 3 is 2.41 bits per heavy atom. The third-order valence-corrected chi connectivity index (χ3v) is 4.88. The van der Waals surface area contributed by atoms with Crippen molar-refractivity contribution in [3.05, 3.63) is 90.0 Å². The number of halogens is 1. The molecule has 0 spiro atoms. The first-order valence-electron chi connectivity index (χ1n) is 9.12. The molecule has 1 saturated heterocycles. The van der Waals surface area contributed by atoms with Crippen molar-refractivity contribution in [1.29, 1.82) is 0 Å². The van der Waals surface area contributed by atoms with Crippen molar-refractivity contribution in [1.82, 2.24) is 9.88 Å². The normalized spacial score (nSPS) is 17.6. The highest BCUT2D eigenvalue weighted by Crippen LogP contribution is 2.27. The zero-order valence-corrected chi connectivity index (χ0v) is 14.8. The molecule has 0 radical (unpaired) electrons. The predicted molar refractivity (Wildman–Crippen MR) is 101 cm³/mol. The fourth-order valence-corrected chi connectivity index (χ4v) is 3.44. The summed E-state index contributed by atoms with van der Waals surface area (Å²) in [7, 11) is 0. The van der Waals surface area contributed by atoms with Crippen LogP contribution in [0.15, 0.2) is 73.1 Å². The molecule has 4 nitrogen and oxygen atoms in total. The summed E-state index contributed by atoms with van der Waals surface area (Å²) < 4.78 is 21.1. The molecule has 0 saturated carbocycles. The summed E-state index contributed by atoms with van der Waals surface area (Å²) in [5.41, 5.74) is 2.42. The van der Waals surface area contributed by atoms with Gasteiger partial charge in [-0.2, -0.15) is 0 Å². The van der Waals surface area contributed by atoms with Gasteiger partial charge in [0.15, 0.2) is 0 Å². The molecule has 1 aliphatic rings. The van der Waals surface area contributed by atoms with Crippen LogP contribution in [0.25, 0.3) is 5.69 Å². The summed E-state index contributed by atoms with van der Waals surface area (Å²) >= 11 is 0. The van der Waals surface area contributed by atoms with E-state index in [0.717, 1.165) is 24.1 Å². The van der Waals surface area contributed by atoms with Gasteiger partial charge in [0.2, 0.25) is 0 Å². The molecule has 1 N–H and O–H groups in total. The molecule has 2 aromatic carbocycles. The molecule has 3 aromatic rings. The van der Waals surface area contributed by atoms with E-state index < -0.39 is 0 Å². The van der Waals surface area contributed by atoms with Gasteiger partial charge in [-0.1, -0.05) is 12.1 Å². The van der Waals surface area contributed by atoms with Gasteiger partial charge in [0.1, 0.15) is 5.82 Å². The number of nitrogens with zero attached hydrogens (tertiary/aromatic N) is 1. The zero-order valence-electron chi connectivity index (χ0n) is 14.8. The van der Waals surface area contributed by atoms with Crippen LogP contribution in [0.5, 0.6) is 0 Å². The number of hydrogen-bond acceptors (Lipinski definition) is 2. The maximum Gasteiger partial charge on any atom is 0.251 e. The molecule has 5 heteroatoms. The Morgan fingerprint density at radius 2 is 1.78 bits per heavy atom. The smallest absolute Gasteiger partial charge is 0.251 e. The highest BCUT2D eigenvalue weighted by Gasteiger charge is 2.29. The van der Waals surface area contributed by atoms with Gasteiger partial charge in [-0.05, 0) is 66.9 Å². The number of carbonyl (C=O) groups is 1. The molecule has 1 aliphatic heterocycles. The van der Waals surface area contributed by atoms with E-state index in [1.165, 1.54) is 12.1 Å². The van der Waals surface area contributed by atoms with Gasteiger partial charge in [0.25, 0.3) is 5.91 Å². The van der Waals surface area contributed by atoms with Crippen molar-refractivity contribution in [3.63, 3.8) is 0 Å². The molecule has 2 heterocycles. The second-order valence-corrected chi connectivity index (χ2v) is 6.69. The minimum absolute atomic E-state index is 0.0986. The molecule has 27 heavy (non-hydrogen) atoms. The Kier molecular flexibility index (Phi) is 5.03. The van der Waals surface area contributed by atoms with Gasteiger partial charge in [0, 0.05) is 30.3 Å². The lowest BCUT2D eigenvalue weighted by atomic mass is 9.98. The van der Waals surface area contributed by atoms with Crippen molar-refractivity contribution in [2.75, 3.05) is 6.61 Å². The lowest BCUT2D eigenvalue weighted by Gasteiger charge is -2.25. The fourth-order valence-electron chi connectivity index (χ4n) is 3.44. The molecule has 138 valence electrons. The van der Waals surface area contributed by atoms with E-state index >= 15 is 0 Å². The molecule has 2 atom stereocenters. The van der Waals surface area contributed by atoms with E-state index in [9.17, 15) is 9.18 Å². The number of hydrogen-bond donors (Lipinski definition) is 1. The van der Waals surface area contributed by atoms with Gasteiger partial charge < -0.3 is 14.6 Å². The standard InChI is InChI=1S/C22H21FN2O2/c23-18-9-5-16(6-10-18)21(20-4-3-15-27-20)24-22(26)17-7-11-19(12-8-17)25-13-1-2-14-25/h1-2,5-14,20-21H,3-4,15H2,(H,24,26)/t20-,21+/m1/s1. The molecule has 0 unspecified atom stereocenters. The quantitative estimate of drug-likeness (QED) is 0.735. The van der Waals surface area contributed by atoms with Crippen molar-refractivity contribution in [2.45, 2.75) is 25.0 Å². The van der Waals surface area contributed by atoms with Crippen LogP contribution in [0.1, 0.15) is 34.8 Å². The number of ether oxygens (including phenoxy) is 1. The van der Waals surface area contributed by atoms with E-state index in [2.05, 4.69) is 5.32 Å². The number of benzene rings is 2. The Hall–Kier alpha value is -2.92. The summed E-state index contributed by atoms with van der Waals surface area (Å²) in [4.78, 5) is 12.8. The molecule has 4 rings (SSSR count). The van der Waals surface area contributed by atoms with Crippen LogP contribution in [0.4, 0.5) is 4.39 Å². The second kappa shape index (κ2) is 7.76. The van der Waals surface area contributed by atoms with Gasteiger partial charge in [-0.15, -0.1) is 0 Å². The average Bonchev–Trinajstić information content (AvgIpc) is 3.41. The van der Waals surface area contributed by atoms with Crippen molar-refractivity contribution < 1.29 is 13.9 Å². The number of amides is 1. The van der Waals surface area contributed by atoms with Crippen LogP contribution in [0.2, 0.25) is 0 Å².